The molecule has 366 valence electrons. The molecule has 8 N–H and O–H groups in total. The molecule has 0 aromatic heterocycles. The summed E-state index contributed by atoms with van der Waals surface area (Å²) in [6, 6.07) is 6.22. The van der Waals surface area contributed by atoms with E-state index in [0.717, 1.165) is 31.4 Å². The summed E-state index contributed by atoms with van der Waals surface area (Å²) in [7, 11) is -29.1. The van der Waals surface area contributed by atoms with Gasteiger partial charge in [-0.2, -0.15) is 43.9 Å². The van der Waals surface area contributed by atoms with Gasteiger partial charge in [-0.05, 0) is 48.5 Å². The first-order valence-corrected chi connectivity index (χ1v) is 26.4. The first-order valence-electron chi connectivity index (χ1n) is 16.8. The Morgan fingerprint density at radius 2 is 1.13 bits per heavy atom. The maximum absolute atomic E-state index is 13.7. The first-order chi connectivity index (χ1) is 30.9. The average Bonchev–Trinajstić information content (AvgIpc) is 3.21. The van der Waals surface area contributed by atoms with Crippen molar-refractivity contribution in [2.45, 2.75) is 24.5 Å². The zero-order valence-corrected chi connectivity index (χ0v) is 38.3. The fourth-order valence-corrected chi connectivity index (χ4v) is 9.96. The number of aromatic hydroxyl groups is 1. The molecule has 4 rings (SSSR count). The third-order valence-corrected chi connectivity index (χ3v) is 14.8. The molecule has 0 radical (unpaired) electrons. The molecule has 0 saturated heterocycles. The Kier molecular flexibility index (Phi) is 17.2. The van der Waals surface area contributed by atoms with Gasteiger partial charge in [0.15, 0.2) is 54.1 Å². The second-order valence-electron chi connectivity index (χ2n) is 12.2. The number of nitrogens with one attached hydrogen (secondary N) is 2. The van der Waals surface area contributed by atoms with E-state index in [0.29, 0.717) is 30.3 Å². The highest BCUT2D eigenvalue weighted by Gasteiger charge is 2.26. The van der Waals surface area contributed by atoms with Gasteiger partial charge in [0.05, 0.1) is 53.0 Å². The van der Waals surface area contributed by atoms with Crippen molar-refractivity contribution in [2.75, 3.05) is 42.7 Å². The number of benzene rings is 4. The minimum absolute atomic E-state index is 0.0167. The second kappa shape index (κ2) is 21.3. The molecule has 4 aromatic rings. The molecule has 31 nitrogen and oxygen atoms in total. The van der Waals surface area contributed by atoms with E-state index in [4.69, 9.17) is 14.5 Å². The van der Waals surface area contributed by atoms with Crippen molar-refractivity contribution < 1.29 is 102 Å². The lowest BCUT2D eigenvalue weighted by Gasteiger charge is -2.10. The number of sulfone groups is 2. The molecule has 0 aliphatic heterocycles. The van der Waals surface area contributed by atoms with Gasteiger partial charge in [-0.1, -0.05) is 5.04 Å². The van der Waals surface area contributed by atoms with Crippen LogP contribution in [0, 0.1) is 0 Å². The molecule has 0 bridgehead atoms. The Morgan fingerprint density at radius 1 is 0.627 bits per heavy atom. The average molecular weight is 1090 g/mol. The monoisotopic (exact) mass is 1080 g/mol. The summed E-state index contributed by atoms with van der Waals surface area (Å²) in [5.74, 6) is -3.73. The molecule has 0 fully saturated rings. The number of azo groups is 1. The van der Waals surface area contributed by atoms with Crippen LogP contribution in [0.3, 0.4) is 0 Å². The Labute approximate surface area is 380 Å². The van der Waals surface area contributed by atoms with E-state index in [1.54, 1.807) is 0 Å². The highest BCUT2D eigenvalue weighted by Crippen LogP contribution is 2.31. The Morgan fingerprint density at radius 3 is 1.67 bits per heavy atom. The van der Waals surface area contributed by atoms with Gasteiger partial charge in [-0.25, -0.2) is 26.3 Å². The molecular weight excluding hydrogens is 1060 g/mol. The number of nitrogens with zero attached hydrogens (tertiary/aromatic N) is 4. The molecule has 0 unspecified atom stereocenters. The SMILES string of the molecule is COc1ccc(NN=c2c(=O)c(N=Nc3ccc(S(=O)(=O)CCOSOOO)cc3S(=O)(=O)O)c(O)c(=NNc3ccc(S(=O)(=O)CCOS(=O)(=O)O)cc3S(=O)(=O)O)c2=O)c(S(=O)(=O)O)c1. The fourth-order valence-electron chi connectivity index (χ4n) is 4.90. The van der Waals surface area contributed by atoms with Gasteiger partial charge >= 0.3 is 10.4 Å². The van der Waals surface area contributed by atoms with Crippen molar-refractivity contribution in [3.8, 4) is 11.5 Å². The van der Waals surface area contributed by atoms with Crippen LogP contribution in [-0.2, 0) is 78.2 Å². The van der Waals surface area contributed by atoms with Gasteiger partial charge < -0.3 is 9.84 Å². The molecule has 0 saturated carbocycles. The van der Waals surface area contributed by atoms with Crippen molar-refractivity contribution >= 4 is 95.5 Å². The number of anilines is 2. The minimum Gasteiger partial charge on any atom is -0.504 e. The highest BCUT2D eigenvalue weighted by atomic mass is 32.3. The molecule has 38 heteroatoms. The number of ether oxygens (including phenoxy) is 1. The van der Waals surface area contributed by atoms with E-state index in [-0.39, 0.29) is 18.1 Å². The number of phenols is 1. The molecular formula is C29H28N6O25S7. The molecule has 0 spiro atoms. The van der Waals surface area contributed by atoms with Crippen LogP contribution < -0.4 is 37.2 Å². The molecule has 0 aliphatic rings. The van der Waals surface area contributed by atoms with Crippen LogP contribution >= 0.6 is 12.3 Å². The van der Waals surface area contributed by atoms with Gasteiger partial charge in [0.2, 0.25) is 10.9 Å². The van der Waals surface area contributed by atoms with Gasteiger partial charge in [0, 0.05) is 6.07 Å². The van der Waals surface area contributed by atoms with Crippen molar-refractivity contribution in [1.29, 1.82) is 0 Å². The quantitative estimate of drug-likeness (QED) is 0.0121. The summed E-state index contributed by atoms with van der Waals surface area (Å²) in [6.07, 6.45) is 0. The largest absolute Gasteiger partial charge is 0.504 e. The fraction of sp³-hybridized carbons (Fsp3) is 0.172. The molecule has 0 aliphatic carbocycles. The minimum atomic E-state index is -5.46. The third-order valence-electron chi connectivity index (χ3n) is 7.89. The summed E-state index contributed by atoms with van der Waals surface area (Å²) < 4.78 is 202. The van der Waals surface area contributed by atoms with Crippen molar-refractivity contribution in [3.05, 3.63) is 85.8 Å². The zero-order chi connectivity index (χ0) is 50.3. The first kappa shape index (κ1) is 54.2. The van der Waals surface area contributed by atoms with Crippen molar-refractivity contribution in [3.63, 3.8) is 0 Å². The summed E-state index contributed by atoms with van der Waals surface area (Å²) in [4.78, 5) is 22.3. The number of methoxy groups -OCH3 is 1. The third kappa shape index (κ3) is 14.3. The van der Waals surface area contributed by atoms with Crippen LogP contribution in [0.15, 0.2) is 109 Å². The van der Waals surface area contributed by atoms with Gasteiger partial charge in [-0.3, -0.25) is 42.8 Å². The second-order valence-corrected chi connectivity index (χ2v) is 22.2. The summed E-state index contributed by atoms with van der Waals surface area (Å²) in [6.45, 7) is -1.79. The summed E-state index contributed by atoms with van der Waals surface area (Å²) in [5, 5.41) is 33.8. The van der Waals surface area contributed by atoms with Crippen molar-refractivity contribution in [2.24, 2.45) is 20.4 Å². The highest BCUT2D eigenvalue weighted by molar-refractivity contribution is 7.92. The summed E-state index contributed by atoms with van der Waals surface area (Å²) >= 11 is 0.0167. The lowest BCUT2D eigenvalue weighted by Crippen LogP contribution is -2.48. The molecule has 0 amide bonds. The number of hydrogen-bond acceptors (Lipinski definition) is 28. The van der Waals surface area contributed by atoms with Crippen LogP contribution in [0.4, 0.5) is 22.7 Å². The van der Waals surface area contributed by atoms with Gasteiger partial charge in [0.25, 0.3) is 30.4 Å². The number of hydrogen-bond donors (Lipinski definition) is 8. The van der Waals surface area contributed by atoms with Crippen LogP contribution in [-0.4, -0.2) is 111 Å². The predicted molar refractivity (Wildman–Crippen MR) is 221 cm³/mol. The van der Waals surface area contributed by atoms with E-state index in [9.17, 15) is 78.9 Å². The van der Waals surface area contributed by atoms with E-state index in [2.05, 4.69) is 38.2 Å². The van der Waals surface area contributed by atoms with Gasteiger partial charge in [0.1, 0.15) is 26.1 Å². The molecule has 67 heavy (non-hydrogen) atoms. The molecule has 0 heterocycles. The van der Waals surface area contributed by atoms with Crippen LogP contribution in [0.25, 0.3) is 0 Å². The van der Waals surface area contributed by atoms with E-state index >= 15 is 0 Å². The topological polar surface area (TPSA) is 480 Å². The Bertz CT molecular complexity index is 3540. The maximum atomic E-state index is 13.7. The number of phenolic OH excluding ortho intramolecular Hbond substituents is 1. The van der Waals surface area contributed by atoms with Crippen LogP contribution in [0.5, 0.6) is 11.5 Å². The zero-order valence-electron chi connectivity index (χ0n) is 32.6. The van der Waals surface area contributed by atoms with Crippen LogP contribution in [0.2, 0.25) is 0 Å². The molecule has 4 aromatic carbocycles. The normalized spacial score (nSPS) is 13.6. The summed E-state index contributed by atoms with van der Waals surface area (Å²) in [5.41, 5.74) is -3.29. The van der Waals surface area contributed by atoms with E-state index in [1.165, 1.54) is 0 Å². The standard InChI is InChI=1S/C29H28N6O25S7/c1-56-15-2-5-18(21(12-15)64(44,45)46)30-33-24-27(36)25(34-31-19-6-3-16(13-22(19)65(47,48)49)62(40,41)10-8-57-61-60-59-39)29(38)26(28(24)37)35-32-20-7-4-17(14-23(20)66(50,51)52)63(42,43)11-9-58-67(53,54)55/h2-7,12-14,30,32,38-39H,8-11H2,1H3,(H,44,45,46)(H,47,48,49)(H,50,51,52)(H,53,54,55). The number of rotatable bonds is 22. The lowest BCUT2D eigenvalue weighted by molar-refractivity contribution is -0.434. The van der Waals surface area contributed by atoms with Crippen molar-refractivity contribution in [1.82, 2.24) is 0 Å². The van der Waals surface area contributed by atoms with E-state index < -0.39 is 160 Å². The Hall–Kier alpha value is -5.43. The maximum Gasteiger partial charge on any atom is 0.397 e. The molecule has 0 atom stereocenters. The van der Waals surface area contributed by atoms with Gasteiger partial charge in [-0.15, -0.1) is 14.6 Å². The van der Waals surface area contributed by atoms with E-state index in [1.807, 2.05) is 10.9 Å². The van der Waals surface area contributed by atoms with Crippen LogP contribution in [0.1, 0.15) is 0 Å². The Balaban J connectivity index is 1.96. The predicted octanol–water partition coefficient (Wildman–Crippen LogP) is -0.624. The smallest absolute Gasteiger partial charge is 0.397 e. The lowest BCUT2D eigenvalue weighted by atomic mass is 10.2.